The van der Waals surface area contributed by atoms with Crippen molar-refractivity contribution in [1.29, 1.82) is 0 Å². The molecule has 2 nitrogen and oxygen atoms in total. The van der Waals surface area contributed by atoms with Crippen LogP contribution in [0.1, 0.15) is 38.8 Å². The second-order valence-corrected chi connectivity index (χ2v) is 6.60. The zero-order valence-corrected chi connectivity index (χ0v) is 14.3. The van der Waals surface area contributed by atoms with Gasteiger partial charge in [0, 0.05) is 16.8 Å². The first-order valence-electron chi connectivity index (χ1n) is 8.06. The maximum atomic E-state index is 5.96. The molecule has 2 N–H and O–H groups in total. The molecule has 2 heteroatoms. The van der Waals surface area contributed by atoms with Crippen molar-refractivity contribution in [3.63, 3.8) is 0 Å². The smallest absolute Gasteiger partial charge is 0.0502 e. The minimum absolute atomic E-state index is 0.0238. The van der Waals surface area contributed by atoms with Crippen LogP contribution in [0.2, 0.25) is 0 Å². The molecule has 0 radical (unpaired) electrons. The molecule has 0 bridgehead atoms. The normalized spacial score (nSPS) is 16.8. The highest BCUT2D eigenvalue weighted by atomic mass is 15.2. The molecule has 118 valence electrons. The van der Waals surface area contributed by atoms with Crippen LogP contribution in [-0.2, 0) is 5.41 Å². The van der Waals surface area contributed by atoms with Gasteiger partial charge in [0.25, 0.3) is 0 Å². The van der Waals surface area contributed by atoms with Gasteiger partial charge < -0.3 is 10.6 Å². The van der Waals surface area contributed by atoms with Crippen molar-refractivity contribution in [1.82, 2.24) is 0 Å². The fourth-order valence-corrected chi connectivity index (χ4v) is 3.46. The predicted molar refractivity (Wildman–Crippen MR) is 98.9 cm³/mol. The summed E-state index contributed by atoms with van der Waals surface area (Å²) in [5.74, 6) is 0. The molecule has 1 heterocycles. The van der Waals surface area contributed by atoms with Crippen LogP contribution in [-0.4, -0.2) is 0 Å². The lowest BCUT2D eigenvalue weighted by Crippen LogP contribution is -2.32. The van der Waals surface area contributed by atoms with Gasteiger partial charge in [0.1, 0.15) is 0 Å². The van der Waals surface area contributed by atoms with E-state index in [1.165, 1.54) is 22.5 Å². The Hall–Kier alpha value is -2.48. The first-order valence-corrected chi connectivity index (χ1v) is 8.06. The van der Waals surface area contributed by atoms with Crippen LogP contribution in [0.3, 0.4) is 0 Å². The van der Waals surface area contributed by atoms with E-state index >= 15 is 0 Å². The first kappa shape index (κ1) is 15.4. The largest absolute Gasteiger partial charge is 0.402 e. The molecule has 0 fully saturated rings. The molecule has 0 atom stereocenters. The highest BCUT2D eigenvalue weighted by molar-refractivity contribution is 5.81. The average molecular weight is 304 g/mol. The molecular formula is C21H24N2. The zero-order valence-electron chi connectivity index (χ0n) is 14.3. The number of nitrogens with two attached hydrogens (primary N) is 1. The molecule has 2 aromatic rings. The third-order valence-electron chi connectivity index (χ3n) is 4.57. The van der Waals surface area contributed by atoms with Crippen LogP contribution in [0, 0.1) is 0 Å². The van der Waals surface area contributed by atoms with Gasteiger partial charge in [0.05, 0.1) is 11.4 Å². The van der Waals surface area contributed by atoms with Crippen molar-refractivity contribution in [2.24, 2.45) is 5.73 Å². The van der Waals surface area contributed by atoms with E-state index < -0.39 is 0 Å². The molecule has 0 amide bonds. The van der Waals surface area contributed by atoms with E-state index in [0.29, 0.717) is 0 Å². The van der Waals surface area contributed by atoms with E-state index in [9.17, 15) is 0 Å². The first-order chi connectivity index (χ1) is 11.0. The highest BCUT2D eigenvalue weighted by Crippen LogP contribution is 2.50. The second kappa shape index (κ2) is 5.62. The second-order valence-electron chi connectivity index (χ2n) is 6.60. The summed E-state index contributed by atoms with van der Waals surface area (Å²) in [4.78, 5) is 2.31. The molecule has 0 aliphatic carbocycles. The third-order valence-corrected chi connectivity index (χ3v) is 4.57. The van der Waals surface area contributed by atoms with Gasteiger partial charge in [-0.05, 0) is 43.2 Å². The van der Waals surface area contributed by atoms with Crippen LogP contribution in [0.25, 0.3) is 0 Å². The monoisotopic (exact) mass is 304 g/mol. The number of para-hydroxylation sites is 2. The number of fused-ring (bicyclic) bond motifs is 2. The molecule has 0 unspecified atom stereocenters. The number of allylic oxidation sites excluding steroid dienone is 3. The standard InChI is InChI=1S/C21H24N2/c1-5-16(14-15(2)22)23-19-12-8-6-10-17(19)21(3,4)18-11-7-9-13-20(18)23/h5-14H,22H2,1-4H3/b15-14-,16-5+. The number of benzene rings is 2. The van der Waals surface area contributed by atoms with Crippen molar-refractivity contribution in [3.8, 4) is 0 Å². The van der Waals surface area contributed by atoms with Crippen molar-refractivity contribution < 1.29 is 0 Å². The fourth-order valence-electron chi connectivity index (χ4n) is 3.46. The molecule has 0 saturated carbocycles. The summed E-state index contributed by atoms with van der Waals surface area (Å²) in [5.41, 5.74) is 13.0. The highest BCUT2D eigenvalue weighted by Gasteiger charge is 2.36. The van der Waals surface area contributed by atoms with E-state index in [1.807, 2.05) is 13.0 Å². The molecule has 23 heavy (non-hydrogen) atoms. The Kier molecular flexibility index (Phi) is 3.77. The van der Waals surface area contributed by atoms with E-state index in [2.05, 4.69) is 80.3 Å². The Labute approximate surface area is 138 Å². The quantitative estimate of drug-likeness (QED) is 0.770. The van der Waals surface area contributed by atoms with Gasteiger partial charge in [-0.1, -0.05) is 56.3 Å². The van der Waals surface area contributed by atoms with Gasteiger partial charge in [-0.15, -0.1) is 0 Å². The lowest BCUT2D eigenvalue weighted by atomic mass is 9.73. The number of nitrogens with zero attached hydrogens (tertiary/aromatic N) is 1. The van der Waals surface area contributed by atoms with Crippen molar-refractivity contribution in [3.05, 3.63) is 83.2 Å². The van der Waals surface area contributed by atoms with Gasteiger partial charge in [0.15, 0.2) is 0 Å². The van der Waals surface area contributed by atoms with Crippen LogP contribution in [0.4, 0.5) is 11.4 Å². The maximum Gasteiger partial charge on any atom is 0.0502 e. The van der Waals surface area contributed by atoms with Gasteiger partial charge in [-0.25, -0.2) is 0 Å². The lowest BCUT2D eigenvalue weighted by Gasteiger charge is -2.42. The average Bonchev–Trinajstić information content (AvgIpc) is 2.54. The Bertz CT molecular complexity index is 743. The number of hydrogen-bond donors (Lipinski definition) is 1. The van der Waals surface area contributed by atoms with E-state index in [0.717, 1.165) is 11.4 Å². The van der Waals surface area contributed by atoms with Crippen LogP contribution < -0.4 is 10.6 Å². The van der Waals surface area contributed by atoms with E-state index in [1.54, 1.807) is 0 Å². The predicted octanol–water partition coefficient (Wildman–Crippen LogP) is 5.23. The van der Waals surface area contributed by atoms with Gasteiger partial charge in [0.2, 0.25) is 0 Å². The molecule has 1 aliphatic rings. The number of hydrogen-bond acceptors (Lipinski definition) is 2. The minimum atomic E-state index is -0.0238. The summed E-state index contributed by atoms with van der Waals surface area (Å²) in [6, 6.07) is 17.3. The summed E-state index contributed by atoms with van der Waals surface area (Å²) in [6.45, 7) is 8.57. The van der Waals surface area contributed by atoms with Gasteiger partial charge >= 0.3 is 0 Å². The Morgan fingerprint density at radius 3 is 1.87 bits per heavy atom. The SMILES string of the molecule is C/C=C(\C=C(\C)N)N1c2ccccc2C(C)(C)c2ccccc21. The number of anilines is 2. The lowest BCUT2D eigenvalue weighted by molar-refractivity contribution is 0.630. The fraction of sp³-hybridized carbons (Fsp3) is 0.238. The van der Waals surface area contributed by atoms with Gasteiger partial charge in [-0.3, -0.25) is 0 Å². The van der Waals surface area contributed by atoms with Crippen molar-refractivity contribution in [2.75, 3.05) is 4.90 Å². The number of rotatable bonds is 2. The summed E-state index contributed by atoms with van der Waals surface area (Å²) in [5, 5.41) is 0. The van der Waals surface area contributed by atoms with Crippen molar-refractivity contribution in [2.45, 2.75) is 33.1 Å². The summed E-state index contributed by atoms with van der Waals surface area (Å²) in [7, 11) is 0. The molecule has 1 aliphatic heterocycles. The van der Waals surface area contributed by atoms with Crippen molar-refractivity contribution >= 4 is 11.4 Å². The topological polar surface area (TPSA) is 29.3 Å². The van der Waals surface area contributed by atoms with Gasteiger partial charge in [-0.2, -0.15) is 0 Å². The van der Waals surface area contributed by atoms with Crippen LogP contribution in [0.5, 0.6) is 0 Å². The Balaban J connectivity index is 2.32. The third kappa shape index (κ3) is 2.44. The Morgan fingerprint density at radius 2 is 1.43 bits per heavy atom. The van der Waals surface area contributed by atoms with E-state index in [4.69, 9.17) is 5.73 Å². The van der Waals surface area contributed by atoms with E-state index in [-0.39, 0.29) is 5.41 Å². The summed E-state index contributed by atoms with van der Waals surface area (Å²) < 4.78 is 0. The molecule has 2 aromatic carbocycles. The Morgan fingerprint density at radius 1 is 0.957 bits per heavy atom. The maximum absolute atomic E-state index is 5.96. The molecule has 0 aromatic heterocycles. The summed E-state index contributed by atoms with van der Waals surface area (Å²) in [6.07, 6.45) is 4.15. The molecule has 0 spiro atoms. The van der Waals surface area contributed by atoms with Crippen LogP contribution in [0.15, 0.2) is 72.1 Å². The van der Waals surface area contributed by atoms with Crippen LogP contribution >= 0.6 is 0 Å². The minimum Gasteiger partial charge on any atom is -0.402 e. The summed E-state index contributed by atoms with van der Waals surface area (Å²) >= 11 is 0. The molecular weight excluding hydrogens is 280 g/mol. The molecule has 3 rings (SSSR count). The molecule has 0 saturated heterocycles. The zero-order chi connectivity index (χ0) is 16.6.